The molecule has 2 aromatic carbocycles. The van der Waals surface area contributed by atoms with Gasteiger partial charge < -0.3 is 24.9 Å². The molecule has 1 saturated carbocycles. The Morgan fingerprint density at radius 2 is 1.93 bits per heavy atom. The molecule has 4 aromatic rings. The molecule has 3 N–H and O–H groups in total. The molecule has 0 saturated heterocycles. The van der Waals surface area contributed by atoms with E-state index in [1.807, 2.05) is 13.0 Å². The van der Waals surface area contributed by atoms with Gasteiger partial charge in [-0.1, -0.05) is 0 Å². The van der Waals surface area contributed by atoms with Gasteiger partial charge in [-0.25, -0.2) is 4.39 Å². The molecular formula is C23H22FN3O3. The summed E-state index contributed by atoms with van der Waals surface area (Å²) in [6.07, 6.45) is 2.60. The fourth-order valence-electron chi connectivity index (χ4n) is 3.63. The summed E-state index contributed by atoms with van der Waals surface area (Å²) in [6, 6.07) is 10.7. The Labute approximate surface area is 172 Å². The predicted octanol–water partition coefficient (Wildman–Crippen LogP) is 4.69. The molecule has 0 spiro atoms. The largest absolute Gasteiger partial charge is 0.493 e. The highest BCUT2D eigenvalue weighted by Gasteiger charge is 2.34. The lowest BCUT2D eigenvalue weighted by atomic mass is 10.1. The molecule has 0 amide bonds. The van der Waals surface area contributed by atoms with Crippen LogP contribution in [-0.2, 0) is 0 Å². The molecule has 6 nitrogen and oxygen atoms in total. The maximum Gasteiger partial charge on any atom is 0.175 e. The zero-order valence-electron chi connectivity index (χ0n) is 16.7. The highest BCUT2D eigenvalue weighted by atomic mass is 19.1. The molecule has 1 fully saturated rings. The SMILES string of the molecule is COc1cc2c(Oc3ccc4[nH]c(C)cc4c3F)ccnc2cc1OCC1CC1N. The van der Waals surface area contributed by atoms with E-state index in [-0.39, 0.29) is 11.8 Å². The van der Waals surface area contributed by atoms with Crippen molar-refractivity contribution in [2.75, 3.05) is 13.7 Å². The molecule has 2 heterocycles. The minimum Gasteiger partial charge on any atom is -0.493 e. The Bertz CT molecular complexity index is 1250. The van der Waals surface area contributed by atoms with Gasteiger partial charge in [0, 0.05) is 46.2 Å². The van der Waals surface area contributed by atoms with Gasteiger partial charge >= 0.3 is 0 Å². The number of fused-ring (bicyclic) bond motifs is 2. The van der Waals surface area contributed by atoms with Crippen LogP contribution in [0.3, 0.4) is 0 Å². The average molecular weight is 407 g/mol. The molecule has 2 atom stereocenters. The van der Waals surface area contributed by atoms with Crippen LogP contribution in [0, 0.1) is 18.7 Å². The van der Waals surface area contributed by atoms with E-state index in [2.05, 4.69) is 9.97 Å². The fourth-order valence-corrected chi connectivity index (χ4v) is 3.63. The summed E-state index contributed by atoms with van der Waals surface area (Å²) in [4.78, 5) is 7.54. The minimum absolute atomic E-state index is 0.149. The first kappa shape index (κ1) is 18.7. The lowest BCUT2D eigenvalue weighted by molar-refractivity contribution is 0.278. The van der Waals surface area contributed by atoms with Crippen molar-refractivity contribution in [2.45, 2.75) is 19.4 Å². The number of nitrogens with zero attached hydrogens (tertiary/aromatic N) is 1. The van der Waals surface area contributed by atoms with Gasteiger partial charge in [0.25, 0.3) is 0 Å². The molecule has 0 aliphatic heterocycles. The van der Waals surface area contributed by atoms with Crippen molar-refractivity contribution < 1.29 is 18.6 Å². The maximum absolute atomic E-state index is 15.0. The molecule has 0 bridgehead atoms. The number of aromatic nitrogens is 2. The number of halogens is 1. The standard InChI is InChI=1S/C23H22FN3O3/c1-12-7-15-17(27-12)3-4-20(23(15)24)30-19-5-6-26-18-10-22(21(28-2)9-14(18)19)29-11-13-8-16(13)25/h3-7,9-10,13,16,27H,8,11,25H2,1-2H3. The Hall–Kier alpha value is -3.32. The highest BCUT2D eigenvalue weighted by Crippen LogP contribution is 2.39. The quantitative estimate of drug-likeness (QED) is 0.485. The van der Waals surface area contributed by atoms with E-state index in [1.165, 1.54) is 0 Å². The summed E-state index contributed by atoms with van der Waals surface area (Å²) < 4.78 is 32.3. The number of ether oxygens (including phenoxy) is 3. The molecule has 2 aromatic heterocycles. The zero-order chi connectivity index (χ0) is 20.8. The number of aryl methyl sites for hydroxylation is 1. The minimum atomic E-state index is -0.408. The van der Waals surface area contributed by atoms with Crippen LogP contribution < -0.4 is 19.9 Å². The number of H-pyrrole nitrogens is 1. The third kappa shape index (κ3) is 3.31. The van der Waals surface area contributed by atoms with Crippen molar-refractivity contribution in [1.82, 2.24) is 9.97 Å². The van der Waals surface area contributed by atoms with Crippen LogP contribution in [0.15, 0.2) is 42.6 Å². The van der Waals surface area contributed by atoms with E-state index in [0.29, 0.717) is 46.1 Å². The van der Waals surface area contributed by atoms with Crippen molar-refractivity contribution >= 4 is 21.8 Å². The monoisotopic (exact) mass is 407 g/mol. The van der Waals surface area contributed by atoms with Crippen molar-refractivity contribution in [1.29, 1.82) is 0 Å². The number of nitrogens with one attached hydrogen (secondary N) is 1. The van der Waals surface area contributed by atoms with E-state index in [1.54, 1.807) is 43.6 Å². The highest BCUT2D eigenvalue weighted by molar-refractivity contribution is 5.89. The number of benzene rings is 2. The second-order valence-electron chi connectivity index (χ2n) is 7.69. The molecule has 1 aliphatic rings. The van der Waals surface area contributed by atoms with Crippen LogP contribution in [0.4, 0.5) is 4.39 Å². The molecular weight excluding hydrogens is 385 g/mol. The molecule has 5 rings (SSSR count). The number of methoxy groups -OCH3 is 1. The summed E-state index contributed by atoms with van der Waals surface area (Å²) >= 11 is 0. The molecule has 2 unspecified atom stereocenters. The maximum atomic E-state index is 15.0. The number of pyridine rings is 1. The van der Waals surface area contributed by atoms with E-state index in [4.69, 9.17) is 19.9 Å². The summed E-state index contributed by atoms with van der Waals surface area (Å²) in [6.45, 7) is 2.43. The van der Waals surface area contributed by atoms with E-state index in [9.17, 15) is 4.39 Å². The van der Waals surface area contributed by atoms with Gasteiger partial charge in [-0.3, -0.25) is 4.98 Å². The van der Waals surface area contributed by atoms with E-state index >= 15 is 0 Å². The second-order valence-corrected chi connectivity index (χ2v) is 7.69. The number of hydrogen-bond donors (Lipinski definition) is 2. The summed E-state index contributed by atoms with van der Waals surface area (Å²) in [5.41, 5.74) is 8.15. The van der Waals surface area contributed by atoms with Gasteiger partial charge in [-0.05, 0) is 43.7 Å². The molecule has 1 aliphatic carbocycles. The van der Waals surface area contributed by atoms with Crippen molar-refractivity contribution in [3.63, 3.8) is 0 Å². The van der Waals surface area contributed by atoms with Gasteiger partial charge in [0.15, 0.2) is 23.1 Å². The molecule has 0 radical (unpaired) electrons. The number of rotatable bonds is 6. The van der Waals surface area contributed by atoms with Crippen LogP contribution >= 0.6 is 0 Å². The van der Waals surface area contributed by atoms with E-state index < -0.39 is 5.82 Å². The topological polar surface area (TPSA) is 82.4 Å². The van der Waals surface area contributed by atoms with E-state index in [0.717, 1.165) is 17.6 Å². The Morgan fingerprint density at radius 1 is 1.10 bits per heavy atom. The van der Waals surface area contributed by atoms with Gasteiger partial charge in [0.2, 0.25) is 0 Å². The lowest BCUT2D eigenvalue weighted by Gasteiger charge is -2.14. The van der Waals surface area contributed by atoms with Crippen molar-refractivity contribution in [3.05, 3.63) is 54.1 Å². The van der Waals surface area contributed by atoms with Crippen LogP contribution in [0.25, 0.3) is 21.8 Å². The second kappa shape index (κ2) is 7.18. The van der Waals surface area contributed by atoms with Crippen LogP contribution in [0.1, 0.15) is 12.1 Å². The van der Waals surface area contributed by atoms with Crippen LogP contribution in [0.2, 0.25) is 0 Å². The third-order valence-electron chi connectivity index (χ3n) is 5.47. The lowest BCUT2D eigenvalue weighted by Crippen LogP contribution is -2.09. The van der Waals surface area contributed by atoms with Gasteiger partial charge in [0.05, 0.1) is 19.2 Å². The summed E-state index contributed by atoms with van der Waals surface area (Å²) in [5.74, 6) is 1.77. The molecule has 154 valence electrons. The average Bonchev–Trinajstić information content (AvgIpc) is 3.31. The fraction of sp³-hybridized carbons (Fsp3) is 0.261. The van der Waals surface area contributed by atoms with Crippen molar-refractivity contribution in [2.24, 2.45) is 11.7 Å². The van der Waals surface area contributed by atoms with Crippen molar-refractivity contribution in [3.8, 4) is 23.0 Å². The Balaban J connectivity index is 1.50. The zero-order valence-corrected chi connectivity index (χ0v) is 16.7. The molecule has 30 heavy (non-hydrogen) atoms. The number of hydrogen-bond acceptors (Lipinski definition) is 5. The summed E-state index contributed by atoms with van der Waals surface area (Å²) in [7, 11) is 1.58. The van der Waals surface area contributed by atoms with Gasteiger partial charge in [0.1, 0.15) is 5.75 Å². The first-order chi connectivity index (χ1) is 14.5. The Kier molecular flexibility index (Phi) is 4.47. The molecule has 7 heteroatoms. The number of aromatic amines is 1. The van der Waals surface area contributed by atoms with Gasteiger partial charge in [-0.2, -0.15) is 0 Å². The first-order valence-corrected chi connectivity index (χ1v) is 9.84. The smallest absolute Gasteiger partial charge is 0.175 e. The van der Waals surface area contributed by atoms with Gasteiger partial charge in [-0.15, -0.1) is 0 Å². The first-order valence-electron chi connectivity index (χ1n) is 9.84. The van der Waals surface area contributed by atoms with Crippen LogP contribution in [0.5, 0.6) is 23.0 Å². The van der Waals surface area contributed by atoms with Crippen LogP contribution in [-0.4, -0.2) is 29.7 Å². The predicted molar refractivity (Wildman–Crippen MR) is 113 cm³/mol. The normalized spacial score (nSPS) is 18.0. The summed E-state index contributed by atoms with van der Waals surface area (Å²) in [5, 5.41) is 1.20. The number of nitrogens with two attached hydrogens (primary N) is 1. The Morgan fingerprint density at radius 3 is 2.70 bits per heavy atom. The third-order valence-corrected chi connectivity index (χ3v) is 5.47.